The van der Waals surface area contributed by atoms with Crippen molar-refractivity contribution in [2.24, 2.45) is 5.73 Å². The Hall–Kier alpha value is -1.90. The first-order chi connectivity index (χ1) is 9.99. The number of methoxy groups -OCH3 is 1. The van der Waals surface area contributed by atoms with Gasteiger partial charge in [-0.2, -0.15) is 0 Å². The number of aromatic amines is 1. The molecule has 1 amide bonds. The number of rotatable bonds is 5. The maximum Gasteiger partial charge on any atom is 0.354 e. The van der Waals surface area contributed by atoms with Gasteiger partial charge in [-0.05, 0) is 13.0 Å². The van der Waals surface area contributed by atoms with Crippen LogP contribution in [0.1, 0.15) is 23.8 Å². The van der Waals surface area contributed by atoms with Crippen LogP contribution in [0.3, 0.4) is 0 Å². The van der Waals surface area contributed by atoms with Crippen molar-refractivity contribution in [1.29, 1.82) is 0 Å². The van der Waals surface area contributed by atoms with E-state index in [9.17, 15) is 9.59 Å². The highest BCUT2D eigenvalue weighted by molar-refractivity contribution is 7.14. The number of thiazole rings is 1. The van der Waals surface area contributed by atoms with Crippen molar-refractivity contribution in [3.8, 4) is 11.3 Å². The van der Waals surface area contributed by atoms with Crippen molar-refractivity contribution >= 4 is 40.8 Å². The Morgan fingerprint density at radius 3 is 2.91 bits per heavy atom. The van der Waals surface area contributed by atoms with Gasteiger partial charge in [-0.15, -0.1) is 23.7 Å². The fourth-order valence-electron chi connectivity index (χ4n) is 1.70. The van der Waals surface area contributed by atoms with Gasteiger partial charge in [0.1, 0.15) is 5.69 Å². The van der Waals surface area contributed by atoms with Crippen LogP contribution < -0.4 is 11.1 Å². The smallest absolute Gasteiger partial charge is 0.354 e. The van der Waals surface area contributed by atoms with Crippen LogP contribution in [0.2, 0.25) is 0 Å². The van der Waals surface area contributed by atoms with Crippen LogP contribution in [0.15, 0.2) is 17.6 Å². The number of amides is 1. The molecule has 0 aliphatic rings. The second-order valence-corrected chi connectivity index (χ2v) is 5.42. The van der Waals surface area contributed by atoms with Gasteiger partial charge < -0.3 is 20.8 Å². The van der Waals surface area contributed by atoms with Crippen molar-refractivity contribution in [1.82, 2.24) is 9.97 Å². The molecule has 120 valence electrons. The van der Waals surface area contributed by atoms with Crippen LogP contribution in [-0.2, 0) is 9.53 Å². The summed E-state index contributed by atoms with van der Waals surface area (Å²) in [5, 5.41) is 4.98. The van der Waals surface area contributed by atoms with E-state index in [0.717, 1.165) is 5.56 Å². The molecule has 0 fully saturated rings. The van der Waals surface area contributed by atoms with Crippen molar-refractivity contribution in [2.45, 2.75) is 19.4 Å². The highest BCUT2D eigenvalue weighted by Gasteiger charge is 2.13. The Balaban J connectivity index is 0.00000242. The third kappa shape index (κ3) is 4.55. The quantitative estimate of drug-likeness (QED) is 0.719. The number of nitrogens with zero attached hydrogens (tertiary/aromatic N) is 1. The van der Waals surface area contributed by atoms with Gasteiger partial charge >= 0.3 is 5.97 Å². The lowest BCUT2D eigenvalue weighted by atomic mass is 10.2. The molecule has 0 spiro atoms. The minimum absolute atomic E-state index is 0. The van der Waals surface area contributed by atoms with Crippen molar-refractivity contribution in [2.75, 3.05) is 12.4 Å². The van der Waals surface area contributed by atoms with Gasteiger partial charge in [-0.3, -0.25) is 4.79 Å². The van der Waals surface area contributed by atoms with Crippen LogP contribution >= 0.6 is 23.7 Å². The topological polar surface area (TPSA) is 110 Å². The van der Waals surface area contributed by atoms with E-state index in [1.54, 1.807) is 24.6 Å². The largest absolute Gasteiger partial charge is 0.464 e. The zero-order chi connectivity index (χ0) is 15.4. The van der Waals surface area contributed by atoms with E-state index in [-0.39, 0.29) is 30.8 Å². The molecule has 0 saturated carbocycles. The molecule has 1 unspecified atom stereocenters. The average Bonchev–Trinajstić information content (AvgIpc) is 3.05. The van der Waals surface area contributed by atoms with Crippen LogP contribution in [0.4, 0.5) is 5.13 Å². The van der Waals surface area contributed by atoms with Crippen molar-refractivity contribution < 1.29 is 14.3 Å². The molecule has 22 heavy (non-hydrogen) atoms. The lowest BCUT2D eigenvalue weighted by molar-refractivity contribution is -0.116. The SMILES string of the molecule is COC(=O)c1cc(-c2csc(NC(=O)CC(C)N)n2)c[nH]1.Cl. The molecule has 0 radical (unpaired) electrons. The summed E-state index contributed by atoms with van der Waals surface area (Å²) in [5.41, 5.74) is 7.33. The zero-order valence-corrected chi connectivity index (χ0v) is 13.7. The monoisotopic (exact) mass is 344 g/mol. The number of nitrogens with two attached hydrogens (primary N) is 1. The molecule has 2 aromatic rings. The molecule has 2 heterocycles. The predicted molar refractivity (Wildman–Crippen MR) is 87.4 cm³/mol. The van der Waals surface area contributed by atoms with Crippen LogP contribution in [0, 0.1) is 0 Å². The van der Waals surface area contributed by atoms with Gasteiger partial charge in [-0.1, -0.05) is 0 Å². The van der Waals surface area contributed by atoms with Gasteiger partial charge in [0.05, 0.1) is 12.8 Å². The lowest BCUT2D eigenvalue weighted by Gasteiger charge is -2.03. The van der Waals surface area contributed by atoms with Crippen LogP contribution in [-0.4, -0.2) is 35.0 Å². The van der Waals surface area contributed by atoms with Gasteiger partial charge in [-0.25, -0.2) is 9.78 Å². The van der Waals surface area contributed by atoms with Crippen LogP contribution in [0.25, 0.3) is 11.3 Å². The predicted octanol–water partition coefficient (Wildman–Crippen LogP) is 2.02. The van der Waals surface area contributed by atoms with Crippen molar-refractivity contribution in [3.63, 3.8) is 0 Å². The maximum atomic E-state index is 11.6. The Labute approximate surface area is 137 Å². The lowest BCUT2D eigenvalue weighted by Crippen LogP contribution is -2.23. The van der Waals surface area contributed by atoms with E-state index in [1.165, 1.54) is 18.4 Å². The molecular formula is C13H17ClN4O3S. The summed E-state index contributed by atoms with van der Waals surface area (Å²) < 4.78 is 4.62. The minimum atomic E-state index is -0.443. The van der Waals surface area contributed by atoms with E-state index in [2.05, 4.69) is 20.0 Å². The van der Waals surface area contributed by atoms with Crippen molar-refractivity contribution in [3.05, 3.63) is 23.3 Å². The molecule has 0 aliphatic carbocycles. The number of anilines is 1. The summed E-state index contributed by atoms with van der Waals surface area (Å²) >= 11 is 1.31. The van der Waals surface area contributed by atoms with Gasteiger partial charge in [0.15, 0.2) is 5.13 Å². The van der Waals surface area contributed by atoms with E-state index in [4.69, 9.17) is 5.73 Å². The van der Waals surface area contributed by atoms with E-state index >= 15 is 0 Å². The number of carbonyl (C=O) groups is 2. The first kappa shape index (κ1) is 18.1. The van der Waals surface area contributed by atoms with E-state index < -0.39 is 5.97 Å². The molecule has 2 rings (SSSR count). The zero-order valence-electron chi connectivity index (χ0n) is 12.1. The number of hydrogen-bond donors (Lipinski definition) is 3. The summed E-state index contributed by atoms with van der Waals surface area (Å²) in [7, 11) is 1.32. The highest BCUT2D eigenvalue weighted by Crippen LogP contribution is 2.25. The fourth-order valence-corrected chi connectivity index (χ4v) is 2.43. The third-order valence-corrected chi connectivity index (χ3v) is 3.40. The Bertz CT molecular complexity index is 653. The Kier molecular flexibility index (Phi) is 6.54. The molecule has 0 aromatic carbocycles. The standard InChI is InChI=1S/C13H16N4O3S.ClH/c1-7(14)3-11(18)17-13-16-10(6-21-13)8-4-9(15-5-8)12(19)20-2;/h4-7,15H,3,14H2,1-2H3,(H,16,17,18);1H. The number of H-pyrrole nitrogens is 1. The maximum absolute atomic E-state index is 11.6. The summed E-state index contributed by atoms with van der Waals surface area (Å²) in [6.45, 7) is 1.76. The molecule has 0 bridgehead atoms. The van der Waals surface area contributed by atoms with Gasteiger partial charge in [0, 0.05) is 29.6 Å². The molecule has 1 atom stereocenters. The molecule has 0 aliphatic heterocycles. The number of carbonyl (C=O) groups excluding carboxylic acids is 2. The van der Waals surface area contributed by atoms with E-state index in [1.807, 2.05) is 0 Å². The molecule has 9 heteroatoms. The minimum Gasteiger partial charge on any atom is -0.464 e. The number of hydrogen-bond acceptors (Lipinski definition) is 6. The molecular weight excluding hydrogens is 328 g/mol. The Morgan fingerprint density at radius 1 is 1.55 bits per heavy atom. The third-order valence-electron chi connectivity index (χ3n) is 2.64. The number of nitrogens with one attached hydrogen (secondary N) is 2. The van der Waals surface area contributed by atoms with Gasteiger partial charge in [0.25, 0.3) is 0 Å². The summed E-state index contributed by atoms with van der Waals surface area (Å²) in [5.74, 6) is -0.614. The fraction of sp³-hybridized carbons (Fsp3) is 0.308. The summed E-state index contributed by atoms with van der Waals surface area (Å²) in [4.78, 5) is 30.1. The first-order valence-electron chi connectivity index (χ1n) is 6.27. The number of esters is 1. The summed E-state index contributed by atoms with van der Waals surface area (Å²) in [6, 6.07) is 1.45. The van der Waals surface area contributed by atoms with E-state index in [0.29, 0.717) is 16.5 Å². The first-order valence-corrected chi connectivity index (χ1v) is 7.15. The molecule has 7 nitrogen and oxygen atoms in total. The van der Waals surface area contributed by atoms with Gasteiger partial charge in [0.2, 0.25) is 5.91 Å². The average molecular weight is 345 g/mol. The van der Waals surface area contributed by atoms with Crippen LogP contribution in [0.5, 0.6) is 0 Å². The number of ether oxygens (including phenoxy) is 1. The molecule has 0 saturated heterocycles. The second-order valence-electron chi connectivity index (χ2n) is 4.56. The molecule has 4 N–H and O–H groups in total. The highest BCUT2D eigenvalue weighted by atomic mass is 35.5. The number of aromatic nitrogens is 2. The Morgan fingerprint density at radius 2 is 2.27 bits per heavy atom. The second kappa shape index (κ2) is 7.92. The number of halogens is 1. The normalized spacial score (nSPS) is 11.4. The summed E-state index contributed by atoms with van der Waals surface area (Å²) in [6.07, 6.45) is 1.90. The molecule has 2 aromatic heterocycles.